The van der Waals surface area contributed by atoms with Crippen LogP contribution in [0.2, 0.25) is 0 Å². The summed E-state index contributed by atoms with van der Waals surface area (Å²) in [5.74, 6) is 1.02. The molecule has 1 aliphatic heterocycles. The SMILES string of the molecule is Cc1nnc(-c2ccc(NC(=O)CC[C@@H]3CCCO3)cc2)o1. The summed E-state index contributed by atoms with van der Waals surface area (Å²) >= 11 is 0. The highest BCUT2D eigenvalue weighted by molar-refractivity contribution is 5.90. The fourth-order valence-corrected chi connectivity index (χ4v) is 2.50. The summed E-state index contributed by atoms with van der Waals surface area (Å²) in [7, 11) is 0. The van der Waals surface area contributed by atoms with Gasteiger partial charge < -0.3 is 14.5 Å². The number of ether oxygens (including phenoxy) is 1. The minimum Gasteiger partial charge on any atom is -0.421 e. The van der Waals surface area contributed by atoms with Gasteiger partial charge in [-0.2, -0.15) is 0 Å². The van der Waals surface area contributed by atoms with E-state index in [1.165, 1.54) is 0 Å². The van der Waals surface area contributed by atoms with E-state index in [0.29, 0.717) is 18.2 Å². The highest BCUT2D eigenvalue weighted by Gasteiger charge is 2.16. The third kappa shape index (κ3) is 3.71. The number of carbonyl (C=O) groups excluding carboxylic acids is 1. The van der Waals surface area contributed by atoms with Crippen LogP contribution in [0.25, 0.3) is 11.5 Å². The lowest BCUT2D eigenvalue weighted by molar-refractivity contribution is -0.116. The van der Waals surface area contributed by atoms with E-state index in [2.05, 4.69) is 15.5 Å². The summed E-state index contributed by atoms with van der Waals surface area (Å²) in [6, 6.07) is 7.36. The van der Waals surface area contributed by atoms with Crippen LogP contribution in [0.1, 0.15) is 31.6 Å². The van der Waals surface area contributed by atoms with Gasteiger partial charge >= 0.3 is 0 Å². The number of aromatic nitrogens is 2. The van der Waals surface area contributed by atoms with Crippen molar-refractivity contribution in [3.63, 3.8) is 0 Å². The lowest BCUT2D eigenvalue weighted by atomic mass is 10.1. The molecule has 0 unspecified atom stereocenters. The maximum absolute atomic E-state index is 11.9. The van der Waals surface area contributed by atoms with Gasteiger partial charge in [-0.3, -0.25) is 4.79 Å². The number of rotatable bonds is 5. The monoisotopic (exact) mass is 301 g/mol. The Labute approximate surface area is 128 Å². The van der Waals surface area contributed by atoms with Crippen LogP contribution in [0.4, 0.5) is 5.69 Å². The molecule has 1 aliphatic rings. The summed E-state index contributed by atoms with van der Waals surface area (Å²) in [6.07, 6.45) is 3.67. The predicted octanol–water partition coefficient (Wildman–Crippen LogP) is 2.94. The molecule has 0 bridgehead atoms. The Kier molecular flexibility index (Phi) is 4.48. The summed E-state index contributed by atoms with van der Waals surface area (Å²) < 4.78 is 10.9. The van der Waals surface area contributed by atoms with Crippen LogP contribution >= 0.6 is 0 Å². The number of hydrogen-bond donors (Lipinski definition) is 1. The molecular weight excluding hydrogens is 282 g/mol. The Morgan fingerprint density at radius 2 is 2.14 bits per heavy atom. The first-order valence-corrected chi connectivity index (χ1v) is 7.53. The second-order valence-electron chi connectivity index (χ2n) is 5.43. The van der Waals surface area contributed by atoms with Crippen molar-refractivity contribution >= 4 is 11.6 Å². The molecule has 116 valence electrons. The molecule has 1 atom stereocenters. The van der Waals surface area contributed by atoms with Crippen molar-refractivity contribution in [2.75, 3.05) is 11.9 Å². The van der Waals surface area contributed by atoms with Gasteiger partial charge in [-0.25, -0.2) is 0 Å². The maximum Gasteiger partial charge on any atom is 0.247 e. The fourth-order valence-electron chi connectivity index (χ4n) is 2.50. The Bertz CT molecular complexity index is 630. The molecule has 1 N–H and O–H groups in total. The van der Waals surface area contributed by atoms with Crippen LogP contribution in [-0.4, -0.2) is 28.8 Å². The molecule has 1 saturated heterocycles. The summed E-state index contributed by atoms with van der Waals surface area (Å²) in [5, 5.41) is 10.6. The molecule has 1 amide bonds. The van der Waals surface area contributed by atoms with Crippen LogP contribution in [0.5, 0.6) is 0 Å². The molecule has 1 fully saturated rings. The molecule has 0 saturated carbocycles. The molecule has 6 heteroatoms. The first-order chi connectivity index (χ1) is 10.7. The standard InChI is InChI=1S/C16H19N3O3/c1-11-18-19-16(22-11)12-4-6-13(7-5-12)17-15(20)9-8-14-3-2-10-21-14/h4-7,14H,2-3,8-10H2,1H3,(H,17,20)/t14-/m0/s1. The van der Waals surface area contributed by atoms with Crippen molar-refractivity contribution in [3.8, 4) is 11.5 Å². The van der Waals surface area contributed by atoms with Crippen molar-refractivity contribution in [1.29, 1.82) is 0 Å². The van der Waals surface area contributed by atoms with Gasteiger partial charge in [0, 0.05) is 31.2 Å². The molecule has 1 aromatic carbocycles. The van der Waals surface area contributed by atoms with E-state index < -0.39 is 0 Å². The molecule has 1 aromatic heterocycles. The van der Waals surface area contributed by atoms with E-state index in [9.17, 15) is 4.79 Å². The van der Waals surface area contributed by atoms with E-state index in [4.69, 9.17) is 9.15 Å². The second-order valence-corrected chi connectivity index (χ2v) is 5.43. The van der Waals surface area contributed by atoms with Gasteiger partial charge in [0.2, 0.25) is 17.7 Å². The predicted molar refractivity (Wildman–Crippen MR) is 81.3 cm³/mol. The maximum atomic E-state index is 11.9. The Hall–Kier alpha value is -2.21. The quantitative estimate of drug-likeness (QED) is 0.918. The molecule has 6 nitrogen and oxygen atoms in total. The van der Waals surface area contributed by atoms with Gasteiger partial charge in [-0.15, -0.1) is 10.2 Å². The molecule has 0 spiro atoms. The van der Waals surface area contributed by atoms with Crippen LogP contribution in [0.3, 0.4) is 0 Å². The molecule has 3 rings (SSSR count). The van der Waals surface area contributed by atoms with Crippen LogP contribution in [-0.2, 0) is 9.53 Å². The Balaban J connectivity index is 1.53. The van der Waals surface area contributed by atoms with E-state index in [1.54, 1.807) is 6.92 Å². The minimum absolute atomic E-state index is 0.0110. The number of aryl methyl sites for hydroxylation is 1. The summed E-state index contributed by atoms with van der Waals surface area (Å²) in [6.45, 7) is 2.57. The number of anilines is 1. The Morgan fingerprint density at radius 3 is 2.77 bits per heavy atom. The van der Waals surface area contributed by atoms with Gasteiger partial charge in [0.1, 0.15) is 0 Å². The zero-order valence-corrected chi connectivity index (χ0v) is 12.5. The van der Waals surface area contributed by atoms with Crippen LogP contribution < -0.4 is 5.32 Å². The molecule has 2 heterocycles. The van der Waals surface area contributed by atoms with E-state index >= 15 is 0 Å². The first kappa shape index (κ1) is 14.7. The van der Waals surface area contributed by atoms with E-state index in [0.717, 1.165) is 37.1 Å². The van der Waals surface area contributed by atoms with Gasteiger partial charge in [-0.05, 0) is 43.5 Å². The van der Waals surface area contributed by atoms with Crippen LogP contribution in [0.15, 0.2) is 28.7 Å². The number of nitrogens with zero attached hydrogens (tertiary/aromatic N) is 2. The second kappa shape index (κ2) is 6.70. The zero-order valence-electron chi connectivity index (χ0n) is 12.5. The molecule has 22 heavy (non-hydrogen) atoms. The molecule has 2 aromatic rings. The smallest absolute Gasteiger partial charge is 0.247 e. The highest BCUT2D eigenvalue weighted by atomic mass is 16.5. The third-order valence-corrected chi connectivity index (χ3v) is 3.66. The largest absolute Gasteiger partial charge is 0.421 e. The zero-order chi connectivity index (χ0) is 15.4. The number of benzene rings is 1. The van der Waals surface area contributed by atoms with Crippen molar-refractivity contribution in [3.05, 3.63) is 30.2 Å². The molecule has 0 aliphatic carbocycles. The van der Waals surface area contributed by atoms with Crippen LogP contribution in [0, 0.1) is 6.92 Å². The normalized spacial score (nSPS) is 17.6. The average Bonchev–Trinajstić information content (AvgIpc) is 3.17. The topological polar surface area (TPSA) is 77.2 Å². The number of hydrogen-bond acceptors (Lipinski definition) is 5. The van der Waals surface area contributed by atoms with Gasteiger partial charge in [0.15, 0.2) is 0 Å². The number of amides is 1. The lowest BCUT2D eigenvalue weighted by Gasteiger charge is -2.09. The third-order valence-electron chi connectivity index (χ3n) is 3.66. The first-order valence-electron chi connectivity index (χ1n) is 7.53. The van der Waals surface area contributed by atoms with Crippen molar-refractivity contribution < 1.29 is 13.9 Å². The summed E-state index contributed by atoms with van der Waals surface area (Å²) in [4.78, 5) is 11.9. The fraction of sp³-hybridized carbons (Fsp3) is 0.438. The average molecular weight is 301 g/mol. The van der Waals surface area contributed by atoms with E-state index in [-0.39, 0.29) is 12.0 Å². The number of nitrogens with one attached hydrogen (secondary N) is 1. The summed E-state index contributed by atoms with van der Waals surface area (Å²) in [5.41, 5.74) is 1.59. The van der Waals surface area contributed by atoms with Gasteiger partial charge in [0.25, 0.3) is 0 Å². The Morgan fingerprint density at radius 1 is 1.32 bits per heavy atom. The van der Waals surface area contributed by atoms with Gasteiger partial charge in [-0.1, -0.05) is 0 Å². The highest BCUT2D eigenvalue weighted by Crippen LogP contribution is 2.21. The molecular formula is C16H19N3O3. The van der Waals surface area contributed by atoms with E-state index in [1.807, 2.05) is 24.3 Å². The molecule has 0 radical (unpaired) electrons. The number of carbonyl (C=O) groups is 1. The van der Waals surface area contributed by atoms with Crippen molar-refractivity contribution in [1.82, 2.24) is 10.2 Å². The van der Waals surface area contributed by atoms with Gasteiger partial charge in [0.05, 0.1) is 6.10 Å². The lowest BCUT2D eigenvalue weighted by Crippen LogP contribution is -2.15. The minimum atomic E-state index is 0.0110. The van der Waals surface area contributed by atoms with Crippen molar-refractivity contribution in [2.45, 2.75) is 38.7 Å². The van der Waals surface area contributed by atoms with Crippen molar-refractivity contribution in [2.24, 2.45) is 0 Å².